The van der Waals surface area contributed by atoms with Crippen LogP contribution in [-0.2, 0) is 0 Å². The first-order valence-corrected chi connectivity index (χ1v) is 7.18. The van der Waals surface area contributed by atoms with Gasteiger partial charge in [0.15, 0.2) is 0 Å². The van der Waals surface area contributed by atoms with Crippen molar-refractivity contribution in [3.05, 3.63) is 56.5 Å². The summed E-state index contributed by atoms with van der Waals surface area (Å²) in [4.78, 5) is 12.3. The number of anilines is 2. The molecular weight excluding hydrogens is 340 g/mol. The average molecular weight is 354 g/mol. The van der Waals surface area contributed by atoms with Crippen LogP contribution in [0.2, 0.25) is 5.02 Å². The highest BCUT2D eigenvalue weighted by molar-refractivity contribution is 9.10. The Balaban J connectivity index is 2.30. The van der Waals surface area contributed by atoms with Crippen molar-refractivity contribution in [3.63, 3.8) is 0 Å². The van der Waals surface area contributed by atoms with Crippen molar-refractivity contribution in [2.45, 2.75) is 13.8 Å². The van der Waals surface area contributed by atoms with E-state index in [9.17, 15) is 4.79 Å². The third-order valence-corrected chi connectivity index (χ3v) is 3.93. The van der Waals surface area contributed by atoms with Gasteiger partial charge in [-0.05, 0) is 71.2 Å². The summed E-state index contributed by atoms with van der Waals surface area (Å²) in [7, 11) is 0. The standard InChI is InChI=1S/C15H14BrClN2O/c1-8-5-10(17)3-4-11(8)15(20)19-14-7-13(18)9(2)6-12(14)16/h3-7H,18H2,1-2H3,(H,19,20). The Hall–Kier alpha value is -1.52. The van der Waals surface area contributed by atoms with E-state index >= 15 is 0 Å². The van der Waals surface area contributed by atoms with Gasteiger partial charge in [0.25, 0.3) is 5.91 Å². The van der Waals surface area contributed by atoms with Crippen molar-refractivity contribution in [2.24, 2.45) is 0 Å². The number of hydrogen-bond donors (Lipinski definition) is 2. The minimum atomic E-state index is -0.192. The number of carbonyl (C=O) groups excluding carboxylic acids is 1. The number of hydrogen-bond acceptors (Lipinski definition) is 2. The Kier molecular flexibility index (Phi) is 4.35. The van der Waals surface area contributed by atoms with Gasteiger partial charge in [-0.25, -0.2) is 0 Å². The van der Waals surface area contributed by atoms with Gasteiger partial charge in [0.2, 0.25) is 0 Å². The smallest absolute Gasteiger partial charge is 0.255 e. The van der Waals surface area contributed by atoms with E-state index < -0.39 is 0 Å². The number of nitrogens with one attached hydrogen (secondary N) is 1. The maximum atomic E-state index is 12.3. The van der Waals surface area contributed by atoms with Crippen molar-refractivity contribution >= 4 is 44.8 Å². The highest BCUT2D eigenvalue weighted by atomic mass is 79.9. The number of halogens is 2. The van der Waals surface area contributed by atoms with Gasteiger partial charge in [0.1, 0.15) is 0 Å². The Labute approximate surface area is 131 Å². The van der Waals surface area contributed by atoms with Gasteiger partial charge in [-0.2, -0.15) is 0 Å². The highest BCUT2D eigenvalue weighted by Gasteiger charge is 2.12. The summed E-state index contributed by atoms with van der Waals surface area (Å²) >= 11 is 9.31. The van der Waals surface area contributed by atoms with Crippen LogP contribution in [0, 0.1) is 13.8 Å². The zero-order valence-electron chi connectivity index (χ0n) is 11.1. The molecule has 104 valence electrons. The summed E-state index contributed by atoms with van der Waals surface area (Å²) in [6, 6.07) is 8.78. The normalized spacial score (nSPS) is 10.4. The first kappa shape index (κ1) is 14.9. The number of amides is 1. The first-order valence-electron chi connectivity index (χ1n) is 6.01. The van der Waals surface area contributed by atoms with Crippen LogP contribution in [-0.4, -0.2) is 5.91 Å². The molecule has 3 nitrogen and oxygen atoms in total. The summed E-state index contributed by atoms with van der Waals surface area (Å²) in [5.74, 6) is -0.192. The van der Waals surface area contributed by atoms with Crippen molar-refractivity contribution in [1.82, 2.24) is 0 Å². The fourth-order valence-electron chi connectivity index (χ4n) is 1.86. The van der Waals surface area contributed by atoms with Gasteiger partial charge in [-0.3, -0.25) is 4.79 Å². The van der Waals surface area contributed by atoms with Gasteiger partial charge < -0.3 is 11.1 Å². The van der Waals surface area contributed by atoms with Gasteiger partial charge in [0.05, 0.1) is 5.69 Å². The van der Waals surface area contributed by atoms with Crippen LogP contribution in [0.15, 0.2) is 34.8 Å². The average Bonchev–Trinajstić information content (AvgIpc) is 2.35. The number of aryl methyl sites for hydroxylation is 2. The Morgan fingerprint density at radius 1 is 1.20 bits per heavy atom. The zero-order valence-corrected chi connectivity index (χ0v) is 13.5. The molecule has 2 aromatic carbocycles. The molecule has 0 aliphatic rings. The first-order chi connectivity index (χ1) is 9.38. The van der Waals surface area contributed by atoms with E-state index in [1.807, 2.05) is 19.9 Å². The highest BCUT2D eigenvalue weighted by Crippen LogP contribution is 2.28. The molecule has 0 radical (unpaired) electrons. The summed E-state index contributed by atoms with van der Waals surface area (Å²) < 4.78 is 0.796. The second kappa shape index (κ2) is 5.85. The molecule has 0 heterocycles. The Morgan fingerprint density at radius 3 is 2.55 bits per heavy atom. The summed E-state index contributed by atoms with van der Waals surface area (Å²) in [6.45, 7) is 3.76. The van der Waals surface area contributed by atoms with Gasteiger partial charge in [-0.1, -0.05) is 11.6 Å². The van der Waals surface area contributed by atoms with E-state index in [0.29, 0.717) is 22.0 Å². The molecule has 0 fully saturated rings. The van der Waals surface area contributed by atoms with Crippen LogP contribution in [0.1, 0.15) is 21.5 Å². The van der Waals surface area contributed by atoms with Gasteiger partial charge in [-0.15, -0.1) is 0 Å². The predicted octanol–water partition coefficient (Wildman–Crippen LogP) is 4.55. The molecule has 0 aliphatic heterocycles. The van der Waals surface area contributed by atoms with Crippen molar-refractivity contribution < 1.29 is 4.79 Å². The molecule has 3 N–H and O–H groups in total. The third kappa shape index (κ3) is 3.14. The van der Waals surface area contributed by atoms with Crippen molar-refractivity contribution in [2.75, 3.05) is 11.1 Å². The molecule has 0 unspecified atom stereocenters. The molecule has 0 saturated carbocycles. The zero-order chi connectivity index (χ0) is 14.9. The molecule has 0 saturated heterocycles. The minimum Gasteiger partial charge on any atom is -0.398 e. The predicted molar refractivity (Wildman–Crippen MR) is 87.4 cm³/mol. The van der Waals surface area contributed by atoms with Gasteiger partial charge >= 0.3 is 0 Å². The Bertz CT molecular complexity index is 686. The third-order valence-electron chi connectivity index (χ3n) is 3.04. The van der Waals surface area contributed by atoms with E-state index in [1.165, 1.54) is 0 Å². The van der Waals surface area contributed by atoms with E-state index in [0.717, 1.165) is 15.6 Å². The largest absolute Gasteiger partial charge is 0.398 e. The second-order valence-corrected chi connectivity index (χ2v) is 5.89. The summed E-state index contributed by atoms with van der Waals surface area (Å²) in [5.41, 5.74) is 9.51. The molecule has 0 bridgehead atoms. The SMILES string of the molecule is Cc1cc(Br)c(NC(=O)c2ccc(Cl)cc2C)cc1N. The van der Waals surface area contributed by atoms with Crippen LogP contribution in [0.3, 0.4) is 0 Å². The summed E-state index contributed by atoms with van der Waals surface area (Å²) in [6.07, 6.45) is 0. The fourth-order valence-corrected chi connectivity index (χ4v) is 2.64. The van der Waals surface area contributed by atoms with E-state index in [1.54, 1.807) is 24.3 Å². The molecule has 2 aromatic rings. The molecule has 0 aliphatic carbocycles. The van der Waals surface area contributed by atoms with Crippen molar-refractivity contribution in [3.8, 4) is 0 Å². The maximum absolute atomic E-state index is 12.3. The fraction of sp³-hybridized carbons (Fsp3) is 0.133. The van der Waals surface area contributed by atoms with Crippen LogP contribution in [0.5, 0.6) is 0 Å². The minimum absolute atomic E-state index is 0.192. The molecular formula is C15H14BrClN2O. The topological polar surface area (TPSA) is 55.1 Å². The van der Waals surface area contributed by atoms with E-state index in [2.05, 4.69) is 21.2 Å². The van der Waals surface area contributed by atoms with Crippen LogP contribution < -0.4 is 11.1 Å². The van der Waals surface area contributed by atoms with Crippen LogP contribution in [0.4, 0.5) is 11.4 Å². The molecule has 0 atom stereocenters. The molecule has 1 amide bonds. The number of nitrogens with two attached hydrogens (primary N) is 1. The lowest BCUT2D eigenvalue weighted by atomic mass is 10.1. The van der Waals surface area contributed by atoms with E-state index in [-0.39, 0.29) is 5.91 Å². The maximum Gasteiger partial charge on any atom is 0.255 e. The number of carbonyl (C=O) groups is 1. The number of rotatable bonds is 2. The van der Waals surface area contributed by atoms with Crippen molar-refractivity contribution in [1.29, 1.82) is 0 Å². The summed E-state index contributed by atoms with van der Waals surface area (Å²) in [5, 5.41) is 3.46. The quantitative estimate of drug-likeness (QED) is 0.778. The molecule has 2 rings (SSSR count). The van der Waals surface area contributed by atoms with Gasteiger partial charge in [0, 0.05) is 20.7 Å². The van der Waals surface area contributed by atoms with Crippen LogP contribution >= 0.6 is 27.5 Å². The molecule has 0 aromatic heterocycles. The molecule has 20 heavy (non-hydrogen) atoms. The lowest BCUT2D eigenvalue weighted by Crippen LogP contribution is -2.14. The monoisotopic (exact) mass is 352 g/mol. The van der Waals surface area contributed by atoms with Crippen LogP contribution in [0.25, 0.3) is 0 Å². The van der Waals surface area contributed by atoms with E-state index in [4.69, 9.17) is 17.3 Å². The molecule has 5 heteroatoms. The Morgan fingerprint density at radius 2 is 1.90 bits per heavy atom. The second-order valence-electron chi connectivity index (χ2n) is 4.60. The number of nitrogen functional groups attached to an aromatic ring is 1. The number of benzene rings is 2. The lowest BCUT2D eigenvalue weighted by molar-refractivity contribution is 0.102. The molecule has 0 spiro atoms. The lowest BCUT2D eigenvalue weighted by Gasteiger charge is -2.11.